The lowest BCUT2D eigenvalue weighted by molar-refractivity contribution is -0.137. The molecule has 0 atom stereocenters. The Morgan fingerprint density at radius 2 is 1.71 bits per heavy atom. The van der Waals surface area contributed by atoms with Crippen LogP contribution in [0, 0.1) is 0 Å². The summed E-state index contributed by atoms with van der Waals surface area (Å²) in [6, 6.07) is 18.0. The van der Waals surface area contributed by atoms with Crippen LogP contribution < -0.4 is 10.6 Å². The highest BCUT2D eigenvalue weighted by atomic mass is 32.1. The Morgan fingerprint density at radius 1 is 0.914 bits per heavy atom. The third-order valence-electron chi connectivity index (χ3n) is 4.80. The maximum atomic E-state index is 12.9. The van der Waals surface area contributed by atoms with E-state index in [1.54, 1.807) is 29.8 Å². The highest BCUT2D eigenvalue weighted by molar-refractivity contribution is 7.12. The van der Waals surface area contributed by atoms with E-state index in [1.807, 2.05) is 12.1 Å². The van der Waals surface area contributed by atoms with Gasteiger partial charge in [0, 0.05) is 22.9 Å². The second-order valence-corrected chi connectivity index (χ2v) is 8.10. The Morgan fingerprint density at radius 3 is 2.49 bits per heavy atom. The molecule has 0 bridgehead atoms. The van der Waals surface area contributed by atoms with Crippen LogP contribution in [0.25, 0.3) is 16.6 Å². The Kier molecular flexibility index (Phi) is 7.02. The van der Waals surface area contributed by atoms with E-state index in [0.717, 1.165) is 17.7 Å². The van der Waals surface area contributed by atoms with Gasteiger partial charge in [0.15, 0.2) is 0 Å². The molecule has 0 spiro atoms. The lowest BCUT2D eigenvalue weighted by Gasteiger charge is -2.10. The van der Waals surface area contributed by atoms with Crippen LogP contribution in [0.15, 0.2) is 84.4 Å². The largest absolute Gasteiger partial charge is 0.416 e. The molecule has 0 saturated heterocycles. The summed E-state index contributed by atoms with van der Waals surface area (Å²) in [4.78, 5) is 25.0. The zero-order valence-corrected chi connectivity index (χ0v) is 18.7. The Labute approximate surface area is 202 Å². The summed E-state index contributed by atoms with van der Waals surface area (Å²) in [5.41, 5.74) is 2.88. The third kappa shape index (κ3) is 6.18. The summed E-state index contributed by atoms with van der Waals surface area (Å²) in [5, 5.41) is 13.8. The van der Waals surface area contributed by atoms with Crippen molar-refractivity contribution in [2.24, 2.45) is 0 Å². The number of amides is 2. The number of hydrogen-bond donors (Lipinski definition) is 2. The predicted molar refractivity (Wildman–Crippen MR) is 129 cm³/mol. The zero-order chi connectivity index (χ0) is 24.8. The van der Waals surface area contributed by atoms with Crippen molar-refractivity contribution in [1.29, 1.82) is 0 Å². The monoisotopic (exact) mass is 494 g/mol. The van der Waals surface area contributed by atoms with Crippen molar-refractivity contribution in [3.8, 4) is 10.6 Å². The molecule has 2 amide bonds. The predicted octanol–water partition coefficient (Wildman–Crippen LogP) is 6.13. The van der Waals surface area contributed by atoms with Gasteiger partial charge in [-0.05, 0) is 54.1 Å². The first-order valence-electron chi connectivity index (χ1n) is 10.2. The van der Waals surface area contributed by atoms with E-state index in [2.05, 4.69) is 20.8 Å². The van der Waals surface area contributed by atoms with E-state index in [9.17, 15) is 22.8 Å². The minimum Gasteiger partial charge on any atom is -0.322 e. The van der Waals surface area contributed by atoms with Crippen LogP contribution in [0.1, 0.15) is 21.5 Å². The SMILES string of the molecule is O=C(C=Cc1cccc(C(=O)Nc2cccc(C(F)(F)F)c2)c1)Nc1ccccc1-c1nncs1. The van der Waals surface area contributed by atoms with Crippen molar-refractivity contribution in [3.63, 3.8) is 0 Å². The van der Waals surface area contributed by atoms with Crippen molar-refractivity contribution < 1.29 is 22.8 Å². The number of rotatable bonds is 6. The number of hydrogen-bond acceptors (Lipinski definition) is 5. The molecule has 0 unspecified atom stereocenters. The Bertz CT molecular complexity index is 1390. The molecule has 176 valence electrons. The minimum atomic E-state index is -4.51. The van der Waals surface area contributed by atoms with Crippen LogP contribution in [0.5, 0.6) is 0 Å². The fraction of sp³-hybridized carbons (Fsp3) is 0.0400. The fourth-order valence-corrected chi connectivity index (χ4v) is 3.77. The second kappa shape index (κ2) is 10.3. The number of carbonyl (C=O) groups is 2. The molecule has 2 N–H and O–H groups in total. The van der Waals surface area contributed by atoms with Crippen molar-refractivity contribution in [2.45, 2.75) is 6.18 Å². The van der Waals surface area contributed by atoms with Crippen molar-refractivity contribution in [1.82, 2.24) is 10.2 Å². The Balaban J connectivity index is 1.44. The summed E-state index contributed by atoms with van der Waals surface area (Å²) >= 11 is 1.35. The molecule has 4 rings (SSSR count). The van der Waals surface area contributed by atoms with E-state index < -0.39 is 17.6 Å². The summed E-state index contributed by atoms with van der Waals surface area (Å²) < 4.78 is 38.7. The standard InChI is InChI=1S/C25H17F3N4O2S/c26-25(27,28)18-7-4-8-19(14-18)30-23(34)17-6-3-5-16(13-17)11-12-22(33)31-21-10-2-1-9-20(21)24-32-29-15-35-24/h1-15H,(H,30,34)(H,31,33). The van der Waals surface area contributed by atoms with Gasteiger partial charge in [0.25, 0.3) is 5.91 Å². The second-order valence-electron chi connectivity index (χ2n) is 7.27. The van der Waals surface area contributed by atoms with Crippen LogP contribution in [-0.4, -0.2) is 22.0 Å². The maximum absolute atomic E-state index is 12.9. The molecule has 0 aliphatic heterocycles. The fourth-order valence-electron chi connectivity index (χ4n) is 3.18. The van der Waals surface area contributed by atoms with Gasteiger partial charge >= 0.3 is 6.18 Å². The van der Waals surface area contributed by atoms with Gasteiger partial charge < -0.3 is 10.6 Å². The number of anilines is 2. The molecule has 3 aromatic carbocycles. The molecule has 0 radical (unpaired) electrons. The van der Waals surface area contributed by atoms with Gasteiger partial charge in [0.1, 0.15) is 10.5 Å². The molecule has 0 aliphatic carbocycles. The average molecular weight is 494 g/mol. The van der Waals surface area contributed by atoms with Gasteiger partial charge in [-0.2, -0.15) is 13.2 Å². The molecular weight excluding hydrogens is 477 g/mol. The average Bonchev–Trinajstić information content (AvgIpc) is 3.38. The first kappa shape index (κ1) is 23.8. The van der Waals surface area contributed by atoms with E-state index >= 15 is 0 Å². The number of nitrogens with one attached hydrogen (secondary N) is 2. The van der Waals surface area contributed by atoms with Crippen LogP contribution in [-0.2, 0) is 11.0 Å². The molecular formula is C25H17F3N4O2S. The maximum Gasteiger partial charge on any atom is 0.416 e. The third-order valence-corrected chi connectivity index (χ3v) is 5.52. The number of benzene rings is 3. The molecule has 6 nitrogen and oxygen atoms in total. The number of carbonyl (C=O) groups excluding carboxylic acids is 2. The highest BCUT2D eigenvalue weighted by Gasteiger charge is 2.30. The first-order valence-corrected chi connectivity index (χ1v) is 11.1. The minimum absolute atomic E-state index is 0.0271. The van der Waals surface area contributed by atoms with Gasteiger partial charge in [0.2, 0.25) is 5.91 Å². The molecule has 35 heavy (non-hydrogen) atoms. The number of para-hydroxylation sites is 1. The number of aromatic nitrogens is 2. The molecule has 1 heterocycles. The molecule has 4 aromatic rings. The molecule has 1 aromatic heterocycles. The van der Waals surface area contributed by atoms with Crippen LogP contribution in [0.4, 0.5) is 24.5 Å². The lowest BCUT2D eigenvalue weighted by Crippen LogP contribution is -2.13. The lowest BCUT2D eigenvalue weighted by atomic mass is 10.1. The van der Waals surface area contributed by atoms with Crippen molar-refractivity contribution in [2.75, 3.05) is 10.6 Å². The van der Waals surface area contributed by atoms with Gasteiger partial charge in [-0.1, -0.05) is 41.7 Å². The van der Waals surface area contributed by atoms with Gasteiger partial charge in [-0.3, -0.25) is 9.59 Å². The number of alkyl halides is 3. The van der Waals surface area contributed by atoms with E-state index in [-0.39, 0.29) is 17.2 Å². The van der Waals surface area contributed by atoms with E-state index in [4.69, 9.17) is 0 Å². The molecule has 0 fully saturated rings. The molecule has 0 aliphatic rings. The summed E-state index contributed by atoms with van der Waals surface area (Å²) in [7, 11) is 0. The van der Waals surface area contributed by atoms with Gasteiger partial charge in [-0.25, -0.2) is 0 Å². The van der Waals surface area contributed by atoms with Crippen molar-refractivity contribution in [3.05, 3.63) is 101 Å². The highest BCUT2D eigenvalue weighted by Crippen LogP contribution is 2.31. The summed E-state index contributed by atoms with van der Waals surface area (Å²) in [5.74, 6) is -0.962. The van der Waals surface area contributed by atoms with E-state index in [1.165, 1.54) is 47.8 Å². The Hall–Kier alpha value is -4.31. The van der Waals surface area contributed by atoms with Crippen molar-refractivity contribution >= 4 is 40.6 Å². The van der Waals surface area contributed by atoms with Gasteiger partial charge in [-0.15, -0.1) is 10.2 Å². The van der Waals surface area contributed by atoms with Crippen LogP contribution >= 0.6 is 11.3 Å². The molecule has 10 heteroatoms. The quantitative estimate of drug-likeness (QED) is 0.316. The number of nitrogens with zero attached hydrogens (tertiary/aromatic N) is 2. The number of halogens is 3. The van der Waals surface area contributed by atoms with Crippen LogP contribution in [0.2, 0.25) is 0 Å². The zero-order valence-electron chi connectivity index (χ0n) is 17.9. The smallest absolute Gasteiger partial charge is 0.322 e. The first-order chi connectivity index (χ1) is 16.8. The van der Waals surface area contributed by atoms with Gasteiger partial charge in [0.05, 0.1) is 11.3 Å². The normalized spacial score (nSPS) is 11.4. The summed E-state index contributed by atoms with van der Waals surface area (Å²) in [6.07, 6.45) is -1.66. The van der Waals surface area contributed by atoms with E-state index in [0.29, 0.717) is 16.3 Å². The summed E-state index contributed by atoms with van der Waals surface area (Å²) in [6.45, 7) is 0. The van der Waals surface area contributed by atoms with Crippen LogP contribution in [0.3, 0.4) is 0 Å². The topological polar surface area (TPSA) is 84.0 Å². The molecule has 0 saturated carbocycles.